The second kappa shape index (κ2) is 25.8. The van der Waals surface area contributed by atoms with Crippen LogP contribution in [0.15, 0.2) is 76.9 Å². The van der Waals surface area contributed by atoms with E-state index in [1.807, 2.05) is 108 Å². The van der Waals surface area contributed by atoms with Crippen molar-refractivity contribution in [1.82, 2.24) is 50.0 Å². The molecule has 5 aliphatic rings. The van der Waals surface area contributed by atoms with Gasteiger partial charge in [-0.3, -0.25) is 29.3 Å². The number of halogens is 2. The monoisotopic (exact) mass is 1270 g/mol. The predicted molar refractivity (Wildman–Crippen MR) is 346 cm³/mol. The summed E-state index contributed by atoms with van der Waals surface area (Å²) in [6.07, 6.45) is 3.39. The molecule has 5 saturated heterocycles. The van der Waals surface area contributed by atoms with Crippen LogP contribution in [0, 0.1) is 18.7 Å². The number of hydrogen-bond donors (Lipinski definition) is 3. The fourth-order valence-electron chi connectivity index (χ4n) is 14.3. The number of amides is 3. The van der Waals surface area contributed by atoms with E-state index in [2.05, 4.69) is 42.0 Å². The number of ether oxygens (including phenoxy) is 2. The van der Waals surface area contributed by atoms with Gasteiger partial charge < -0.3 is 44.2 Å². The molecule has 0 saturated carbocycles. The third-order valence-electron chi connectivity index (χ3n) is 19.1. The number of phenolic OH excluding ortho intramolecular Hbond substituents is 1. The van der Waals surface area contributed by atoms with Gasteiger partial charge >= 0.3 is 12.1 Å². The van der Waals surface area contributed by atoms with Gasteiger partial charge in [0.2, 0.25) is 11.8 Å². The van der Waals surface area contributed by atoms with Gasteiger partial charge in [-0.2, -0.15) is 9.97 Å². The molecule has 4 aromatic heterocycles. The first-order chi connectivity index (χ1) is 43.5. The molecule has 20 nitrogen and oxygen atoms in total. The van der Waals surface area contributed by atoms with Gasteiger partial charge in [-0.1, -0.05) is 68.4 Å². The van der Waals surface area contributed by atoms with Crippen LogP contribution in [0.25, 0.3) is 43.4 Å². The number of thiazole rings is 1. The molecule has 3 N–H and O–H groups in total. The zero-order chi connectivity index (χ0) is 64.2. The van der Waals surface area contributed by atoms with E-state index in [4.69, 9.17) is 28.9 Å². The predicted octanol–water partition coefficient (Wildman–Crippen LogP) is 10.2. The molecule has 5 aliphatic heterocycles. The summed E-state index contributed by atoms with van der Waals surface area (Å²) in [6, 6.07) is 17.3. The number of β-amino-alcohol motifs (C(OH)–C–C–N with tert-alkyl or cyclic N) is 1. The number of aromatic hydroxyl groups is 1. The molecule has 7 aromatic rings. The number of anilines is 2. The van der Waals surface area contributed by atoms with E-state index in [9.17, 15) is 24.6 Å². The largest absolute Gasteiger partial charge is 0.508 e. The summed E-state index contributed by atoms with van der Waals surface area (Å²) in [5.41, 5.74) is 4.17. The summed E-state index contributed by atoms with van der Waals surface area (Å²) in [5, 5.41) is 31.2. The minimum atomic E-state index is -1.42. The number of alkyl halides is 1. The SMILES string of the molecule is CCc1cccc2cc(O)cc(-c3ncc4c(N5CC6CCC(C5)N6C(=O)OC(C)(C)C)nc(OCCN5CCC(F)(CN6CCN(c7cc([C@@H](C(=O)N8C[C@H](O)C[C@H]8C(=O)N[C@@H](C)c8ccc(-c9scnc9C)cc8)C(C)C)on7)C[C@H]6C)CC5)nc4c3F)c12. The van der Waals surface area contributed by atoms with Crippen molar-refractivity contribution < 1.29 is 47.4 Å². The molecule has 0 aliphatic carbocycles. The van der Waals surface area contributed by atoms with Crippen molar-refractivity contribution in [3.8, 4) is 33.5 Å². The molecule has 0 radical (unpaired) electrons. The van der Waals surface area contributed by atoms with Gasteiger partial charge in [0.1, 0.15) is 52.6 Å². The molecule has 2 bridgehead atoms. The molecule has 23 heteroatoms. The average Bonchev–Trinajstić information content (AvgIpc) is 1.46. The number of carbonyl (C=O) groups excluding carboxylic acids is 3. The summed E-state index contributed by atoms with van der Waals surface area (Å²) < 4.78 is 52.5. The Balaban J connectivity index is 0.667. The maximum absolute atomic E-state index is 17.4. The van der Waals surface area contributed by atoms with Crippen molar-refractivity contribution in [2.45, 2.75) is 154 Å². The normalized spacial score (nSPS) is 22.1. The number of nitrogens with zero attached hydrogens (tertiary/aromatic N) is 11. The number of hydrogen-bond acceptors (Lipinski definition) is 18. The molecule has 9 heterocycles. The number of likely N-dealkylation sites (tertiary alicyclic amines) is 2. The summed E-state index contributed by atoms with van der Waals surface area (Å²) in [4.78, 5) is 73.6. The highest BCUT2D eigenvalue weighted by atomic mass is 32.1. The van der Waals surface area contributed by atoms with Crippen molar-refractivity contribution in [1.29, 1.82) is 0 Å². The van der Waals surface area contributed by atoms with Crippen molar-refractivity contribution in [2.24, 2.45) is 5.92 Å². The second-order valence-corrected chi connectivity index (χ2v) is 27.8. The number of aliphatic hydroxyl groups is 1. The maximum Gasteiger partial charge on any atom is 0.410 e. The minimum absolute atomic E-state index is 0.0136. The molecule has 2 unspecified atom stereocenters. The fourth-order valence-corrected chi connectivity index (χ4v) is 15.1. The Labute approximate surface area is 533 Å². The standard InChI is InChI=1S/C68H84F2N12O8S/c1-10-43-12-11-13-46-28-49(83)29-51(57(43)46)59-58(69)60-52(32-71-59)62(80-34-47-18-19-48(35-80)82(47)66(87)89-67(7,8)9)75-65(74-60)88-27-26-77-22-20-68(70,21-23-77)37-79-25-24-78(33-40(79)4)55-31-54(90-76-55)56(39(2)3)64(86)81-36-50(84)30-53(81)63(85)73-41(5)44-14-16-45(17-15-44)61-42(6)72-38-91-61/h11-17,28-29,31-32,38-41,47-48,50,53,56,83-84H,10,18-27,30,33-37H2,1-9H3,(H,73,85)/t40-,41+,47?,48?,50-,53+,56+/m1/s1. The van der Waals surface area contributed by atoms with E-state index in [0.29, 0.717) is 100.0 Å². The number of aliphatic hydroxyl groups excluding tert-OH is 1. The molecule has 5 fully saturated rings. The summed E-state index contributed by atoms with van der Waals surface area (Å²) >= 11 is 1.58. The van der Waals surface area contributed by atoms with Crippen LogP contribution in [0.1, 0.15) is 122 Å². The van der Waals surface area contributed by atoms with Crippen LogP contribution in [0.4, 0.5) is 25.2 Å². The number of pyridine rings is 1. The van der Waals surface area contributed by atoms with Crippen LogP contribution in [0.3, 0.4) is 0 Å². The Morgan fingerprint density at radius 1 is 0.934 bits per heavy atom. The molecule has 91 heavy (non-hydrogen) atoms. The lowest BCUT2D eigenvalue weighted by Gasteiger charge is -2.44. The zero-order valence-electron chi connectivity index (χ0n) is 53.5. The third kappa shape index (κ3) is 13.3. The molecule has 0 spiro atoms. The lowest BCUT2D eigenvalue weighted by Crippen LogP contribution is -2.57. The van der Waals surface area contributed by atoms with Crippen LogP contribution in [-0.4, -0.2) is 186 Å². The van der Waals surface area contributed by atoms with Gasteiger partial charge in [0, 0.05) is 95.7 Å². The number of piperazine rings is 2. The third-order valence-corrected chi connectivity index (χ3v) is 20.1. The molecule has 3 aromatic carbocycles. The van der Waals surface area contributed by atoms with Crippen LogP contribution in [-0.2, 0) is 20.7 Å². The Bertz CT molecular complexity index is 3800. The van der Waals surface area contributed by atoms with Crippen molar-refractivity contribution in [3.63, 3.8) is 0 Å². The summed E-state index contributed by atoms with van der Waals surface area (Å²) in [6.45, 7) is 21.9. The molecule has 484 valence electrons. The Morgan fingerprint density at radius 2 is 1.68 bits per heavy atom. The Kier molecular flexibility index (Phi) is 18.0. The first-order valence-corrected chi connectivity index (χ1v) is 33.1. The van der Waals surface area contributed by atoms with Crippen LogP contribution >= 0.6 is 11.3 Å². The molecule has 3 amide bonds. The van der Waals surface area contributed by atoms with E-state index in [1.54, 1.807) is 35.7 Å². The van der Waals surface area contributed by atoms with Gasteiger partial charge in [0.15, 0.2) is 17.4 Å². The number of carbonyl (C=O) groups is 3. The van der Waals surface area contributed by atoms with Gasteiger partial charge in [-0.15, -0.1) is 11.3 Å². The van der Waals surface area contributed by atoms with E-state index in [1.165, 1.54) is 4.90 Å². The van der Waals surface area contributed by atoms with E-state index >= 15 is 8.78 Å². The first kappa shape index (κ1) is 63.5. The number of benzene rings is 3. The molecule has 12 rings (SSSR count). The number of aryl methyl sites for hydroxylation is 2. The second-order valence-electron chi connectivity index (χ2n) is 27.0. The summed E-state index contributed by atoms with van der Waals surface area (Å²) in [5.74, 6) is -0.886. The number of fused-ring (bicyclic) bond motifs is 4. The number of piperidine rings is 1. The lowest BCUT2D eigenvalue weighted by atomic mass is 9.91. The smallest absolute Gasteiger partial charge is 0.410 e. The van der Waals surface area contributed by atoms with Crippen molar-refractivity contribution in [3.05, 3.63) is 101 Å². The number of phenols is 1. The topological polar surface area (TPSA) is 219 Å². The quantitative estimate of drug-likeness (QED) is 0.0772. The van der Waals surface area contributed by atoms with Crippen molar-refractivity contribution in [2.75, 3.05) is 81.9 Å². The fraction of sp³-hybridized carbons (Fsp3) is 0.529. The zero-order valence-corrected chi connectivity index (χ0v) is 54.3. The van der Waals surface area contributed by atoms with E-state index in [0.717, 1.165) is 50.9 Å². The maximum atomic E-state index is 17.4. The van der Waals surface area contributed by atoms with Gasteiger partial charge in [-0.25, -0.2) is 18.6 Å². The van der Waals surface area contributed by atoms with Crippen molar-refractivity contribution >= 4 is 62.6 Å². The number of rotatable bonds is 17. The first-order valence-electron chi connectivity index (χ1n) is 32.2. The minimum Gasteiger partial charge on any atom is -0.508 e. The number of aromatic nitrogens is 5. The van der Waals surface area contributed by atoms with Gasteiger partial charge in [0.25, 0.3) is 0 Å². The molecular weight excluding hydrogens is 1180 g/mol. The van der Waals surface area contributed by atoms with Gasteiger partial charge in [-0.05, 0) is 119 Å². The highest BCUT2D eigenvalue weighted by Crippen LogP contribution is 2.42. The lowest BCUT2D eigenvalue weighted by molar-refractivity contribution is -0.141. The average molecular weight is 1270 g/mol. The summed E-state index contributed by atoms with van der Waals surface area (Å²) in [7, 11) is 0. The Morgan fingerprint density at radius 3 is 2.36 bits per heavy atom. The Hall–Kier alpha value is -7.60. The number of nitrogens with one attached hydrogen (secondary N) is 1. The molecule has 7 atom stereocenters. The van der Waals surface area contributed by atoms with E-state index in [-0.39, 0.29) is 97.1 Å². The highest BCUT2D eigenvalue weighted by Gasteiger charge is 2.47. The van der Waals surface area contributed by atoms with Crippen LogP contribution < -0.4 is 19.9 Å². The highest BCUT2D eigenvalue weighted by molar-refractivity contribution is 7.13. The van der Waals surface area contributed by atoms with Crippen LogP contribution in [0.2, 0.25) is 0 Å². The van der Waals surface area contributed by atoms with Gasteiger partial charge in [0.05, 0.1) is 45.7 Å². The van der Waals surface area contributed by atoms with Crippen LogP contribution in [0.5, 0.6) is 11.8 Å². The van der Waals surface area contributed by atoms with E-state index < -0.39 is 35.2 Å². The molecular formula is C68H84F2N12O8S.